The van der Waals surface area contributed by atoms with Crippen LogP contribution < -0.4 is 10.6 Å². The van der Waals surface area contributed by atoms with Crippen LogP contribution in [-0.4, -0.2) is 45.5 Å². The number of rotatable bonds is 5. The Morgan fingerprint density at radius 3 is 2.56 bits per heavy atom. The molecule has 0 spiro atoms. The minimum absolute atomic E-state index is 0.00825. The summed E-state index contributed by atoms with van der Waals surface area (Å²) in [5.74, 6) is -0.574. The van der Waals surface area contributed by atoms with E-state index in [0.29, 0.717) is 25.8 Å². The van der Waals surface area contributed by atoms with Crippen molar-refractivity contribution in [1.29, 1.82) is 0 Å². The second kappa shape index (κ2) is 11.7. The van der Waals surface area contributed by atoms with E-state index in [0.717, 1.165) is 48.9 Å². The number of anilines is 1. The quantitative estimate of drug-likeness (QED) is 0.334. The maximum Gasteiger partial charge on any atom is 0.245 e. The van der Waals surface area contributed by atoms with Crippen LogP contribution >= 0.6 is 7.37 Å². The van der Waals surface area contributed by atoms with Gasteiger partial charge in [-0.2, -0.15) is 0 Å². The van der Waals surface area contributed by atoms with Gasteiger partial charge < -0.3 is 20.4 Å². The summed E-state index contributed by atoms with van der Waals surface area (Å²) in [7, 11) is -3.81. The van der Waals surface area contributed by atoms with Crippen molar-refractivity contribution in [1.82, 2.24) is 10.2 Å². The third-order valence-corrected chi connectivity index (χ3v) is 11.1. The SMILES string of the molecule is Cc1ccc(N[C@H]2CCCCC/C=C\[C@@H]3C[C@@]3(P(=O)(O)Cc3ccccc3)NC(=O)[C@@H]3CCCN3C2=O)cc1. The van der Waals surface area contributed by atoms with Crippen molar-refractivity contribution < 1.29 is 19.0 Å². The molecule has 1 saturated carbocycles. The molecule has 2 aromatic rings. The number of allylic oxidation sites excluding steroid dienone is 1. The third-order valence-electron chi connectivity index (χ3n) is 8.45. The number of carbonyl (C=O) groups is 2. The van der Waals surface area contributed by atoms with Crippen LogP contribution in [0, 0.1) is 12.8 Å². The summed E-state index contributed by atoms with van der Waals surface area (Å²) in [4.78, 5) is 40.7. The molecule has 0 radical (unpaired) electrons. The van der Waals surface area contributed by atoms with Crippen LogP contribution in [0.15, 0.2) is 66.7 Å². The summed E-state index contributed by atoms with van der Waals surface area (Å²) in [5, 5.41) is 5.29. The first-order valence-corrected chi connectivity index (χ1v) is 16.1. The van der Waals surface area contributed by atoms with Crippen molar-refractivity contribution in [3.8, 4) is 0 Å². The largest absolute Gasteiger partial charge is 0.374 e. The van der Waals surface area contributed by atoms with Crippen LogP contribution in [0.5, 0.6) is 0 Å². The molecule has 1 saturated heterocycles. The average molecular weight is 550 g/mol. The fourth-order valence-electron chi connectivity index (χ4n) is 6.06. The van der Waals surface area contributed by atoms with Gasteiger partial charge in [0.05, 0.1) is 6.16 Å². The minimum atomic E-state index is -3.81. The average Bonchev–Trinajstić information content (AvgIpc) is 3.39. The molecular formula is C31H40N3O4P. The molecule has 2 amide bonds. The first-order chi connectivity index (χ1) is 18.8. The molecule has 8 heteroatoms. The molecule has 2 aliphatic heterocycles. The fraction of sp³-hybridized carbons (Fsp3) is 0.484. The van der Waals surface area contributed by atoms with Gasteiger partial charge in [0.15, 0.2) is 0 Å². The van der Waals surface area contributed by atoms with Gasteiger partial charge in [-0.1, -0.05) is 73.0 Å². The second-order valence-corrected chi connectivity index (χ2v) is 13.9. The van der Waals surface area contributed by atoms with E-state index in [-0.39, 0.29) is 23.9 Å². The first kappa shape index (κ1) is 27.7. The summed E-state index contributed by atoms with van der Waals surface area (Å²) in [6, 6.07) is 16.2. The van der Waals surface area contributed by atoms with Gasteiger partial charge >= 0.3 is 0 Å². The molecule has 3 aliphatic rings. The smallest absolute Gasteiger partial charge is 0.245 e. The van der Waals surface area contributed by atoms with Crippen molar-refractivity contribution in [2.75, 3.05) is 11.9 Å². The molecule has 7 nitrogen and oxygen atoms in total. The zero-order valence-electron chi connectivity index (χ0n) is 22.7. The monoisotopic (exact) mass is 549 g/mol. The maximum absolute atomic E-state index is 13.9. The van der Waals surface area contributed by atoms with Gasteiger partial charge in [0.1, 0.15) is 17.4 Å². The summed E-state index contributed by atoms with van der Waals surface area (Å²) in [6.45, 7) is 2.54. The molecule has 2 aromatic carbocycles. The van der Waals surface area contributed by atoms with Crippen LogP contribution in [0.25, 0.3) is 0 Å². The highest BCUT2D eigenvalue weighted by Crippen LogP contribution is 2.71. The molecule has 5 rings (SSSR count). The normalized spacial score (nSPS) is 30.1. The molecule has 39 heavy (non-hydrogen) atoms. The summed E-state index contributed by atoms with van der Waals surface area (Å²) >= 11 is 0. The van der Waals surface area contributed by atoms with Gasteiger partial charge in [0.2, 0.25) is 19.2 Å². The molecule has 208 valence electrons. The summed E-state index contributed by atoms with van der Waals surface area (Å²) in [6.07, 6.45) is 10.3. The van der Waals surface area contributed by atoms with Gasteiger partial charge in [-0.05, 0) is 63.1 Å². The fourth-order valence-corrected chi connectivity index (χ4v) is 8.42. The number of amides is 2. The Kier molecular flexibility index (Phi) is 8.29. The highest BCUT2D eigenvalue weighted by atomic mass is 31.2. The van der Waals surface area contributed by atoms with Crippen molar-refractivity contribution in [3.05, 3.63) is 77.9 Å². The maximum atomic E-state index is 13.9. The second-order valence-electron chi connectivity index (χ2n) is 11.4. The van der Waals surface area contributed by atoms with Crippen molar-refractivity contribution in [2.45, 2.75) is 81.8 Å². The first-order valence-electron chi connectivity index (χ1n) is 14.3. The molecule has 2 fully saturated rings. The van der Waals surface area contributed by atoms with E-state index in [1.54, 1.807) is 4.90 Å². The number of fused-ring (bicyclic) bond motifs is 2. The molecule has 1 unspecified atom stereocenters. The molecule has 3 N–H and O–H groups in total. The van der Waals surface area contributed by atoms with E-state index in [4.69, 9.17) is 0 Å². The molecule has 0 bridgehead atoms. The van der Waals surface area contributed by atoms with Gasteiger partial charge in [0, 0.05) is 18.2 Å². The number of carbonyl (C=O) groups excluding carboxylic acids is 2. The standard InChI is InChI=1S/C31H40N3O4P/c1-23-16-18-26(19-17-23)32-27-14-9-4-2-3-8-13-25-21-31(25,39(37,38)22-24-11-6-5-7-12-24)33-29(35)28-15-10-20-34(28)30(27)36/h5-8,11-13,16-19,25,27-28,32H,2-4,9-10,14-15,20-22H2,1H3,(H,33,35)(H,37,38)/b13-8-/t25-,27+,28+,31+/m1/s1. The Bertz CT molecular complexity index is 1250. The van der Waals surface area contributed by atoms with Crippen LogP contribution in [0.3, 0.4) is 0 Å². The Morgan fingerprint density at radius 1 is 1.03 bits per heavy atom. The summed E-state index contributed by atoms with van der Waals surface area (Å²) < 4.78 is 13.9. The van der Waals surface area contributed by atoms with Gasteiger partial charge in [-0.15, -0.1) is 0 Å². The predicted molar refractivity (Wildman–Crippen MR) is 155 cm³/mol. The van der Waals surface area contributed by atoms with Crippen LogP contribution in [-0.2, 0) is 20.3 Å². The number of nitrogens with one attached hydrogen (secondary N) is 2. The van der Waals surface area contributed by atoms with Crippen molar-refractivity contribution in [2.24, 2.45) is 5.92 Å². The number of aryl methyl sites for hydroxylation is 1. The van der Waals surface area contributed by atoms with E-state index in [1.807, 2.05) is 67.6 Å². The Hall–Kier alpha value is -2.89. The number of hydrogen-bond acceptors (Lipinski definition) is 4. The molecule has 0 aromatic heterocycles. The topological polar surface area (TPSA) is 98.7 Å². The zero-order chi connectivity index (χ0) is 27.5. The van der Waals surface area contributed by atoms with E-state index >= 15 is 0 Å². The van der Waals surface area contributed by atoms with Crippen molar-refractivity contribution >= 4 is 24.9 Å². The van der Waals surface area contributed by atoms with Gasteiger partial charge in [0.25, 0.3) is 0 Å². The van der Waals surface area contributed by atoms with Gasteiger partial charge in [-0.3, -0.25) is 14.2 Å². The van der Waals surface area contributed by atoms with Gasteiger partial charge in [-0.25, -0.2) is 0 Å². The summed E-state index contributed by atoms with van der Waals surface area (Å²) in [5.41, 5.74) is 2.82. The predicted octanol–water partition coefficient (Wildman–Crippen LogP) is 5.59. The highest BCUT2D eigenvalue weighted by molar-refractivity contribution is 7.59. The molecule has 1 aliphatic carbocycles. The Balaban J connectivity index is 1.40. The van der Waals surface area contributed by atoms with E-state index < -0.39 is 24.7 Å². The number of nitrogens with zero attached hydrogens (tertiary/aromatic N) is 1. The Morgan fingerprint density at radius 2 is 1.79 bits per heavy atom. The zero-order valence-corrected chi connectivity index (χ0v) is 23.6. The Labute approximate surface area is 231 Å². The lowest BCUT2D eigenvalue weighted by Crippen LogP contribution is -2.53. The van der Waals surface area contributed by atoms with E-state index in [9.17, 15) is 19.0 Å². The molecule has 2 heterocycles. The lowest BCUT2D eigenvalue weighted by Gasteiger charge is -2.32. The van der Waals surface area contributed by atoms with Crippen LogP contribution in [0.2, 0.25) is 0 Å². The van der Waals surface area contributed by atoms with Crippen LogP contribution in [0.1, 0.15) is 62.5 Å². The van der Waals surface area contributed by atoms with Crippen LogP contribution in [0.4, 0.5) is 5.69 Å². The number of hydrogen-bond donors (Lipinski definition) is 3. The third kappa shape index (κ3) is 6.15. The number of benzene rings is 2. The highest BCUT2D eigenvalue weighted by Gasteiger charge is 2.65. The molecular weight excluding hydrogens is 509 g/mol. The minimum Gasteiger partial charge on any atom is -0.374 e. The lowest BCUT2D eigenvalue weighted by molar-refractivity contribution is -0.139. The van der Waals surface area contributed by atoms with Crippen molar-refractivity contribution in [3.63, 3.8) is 0 Å². The van der Waals surface area contributed by atoms with E-state index in [2.05, 4.69) is 16.7 Å². The molecule has 5 atom stereocenters. The van der Waals surface area contributed by atoms with E-state index in [1.165, 1.54) is 0 Å². The lowest BCUT2D eigenvalue weighted by atomic mass is 10.0.